The lowest BCUT2D eigenvalue weighted by Gasteiger charge is -2.07. The van der Waals surface area contributed by atoms with E-state index in [0.717, 1.165) is 17.4 Å². The molecule has 32 heavy (non-hydrogen) atoms. The van der Waals surface area contributed by atoms with E-state index in [2.05, 4.69) is 31.2 Å². The minimum Gasteiger partial charge on any atom is -0.497 e. The van der Waals surface area contributed by atoms with Crippen molar-refractivity contribution < 1.29 is 17.6 Å². The van der Waals surface area contributed by atoms with E-state index in [1.165, 1.54) is 12.1 Å². The molecule has 0 spiro atoms. The van der Waals surface area contributed by atoms with Crippen molar-refractivity contribution in [3.8, 4) is 17.2 Å². The highest BCUT2D eigenvalue weighted by molar-refractivity contribution is 9.10. The topological polar surface area (TPSA) is 99.2 Å². The van der Waals surface area contributed by atoms with Gasteiger partial charge in [0, 0.05) is 35.5 Å². The van der Waals surface area contributed by atoms with Crippen LogP contribution in [0.1, 0.15) is 6.42 Å². The summed E-state index contributed by atoms with van der Waals surface area (Å²) in [6.45, 7) is 1.24. The third-order valence-electron chi connectivity index (χ3n) is 4.75. The smallest absolute Gasteiger partial charge is 0.233 e. The summed E-state index contributed by atoms with van der Waals surface area (Å²) < 4.78 is 40.4. The maximum Gasteiger partial charge on any atom is 0.233 e. The van der Waals surface area contributed by atoms with Crippen LogP contribution in [-0.4, -0.2) is 36.6 Å². The fourth-order valence-electron chi connectivity index (χ4n) is 3.06. The van der Waals surface area contributed by atoms with Crippen LogP contribution in [-0.2, 0) is 16.4 Å². The fourth-order valence-corrected chi connectivity index (χ4v) is 4.61. The van der Waals surface area contributed by atoms with Crippen molar-refractivity contribution in [3.63, 3.8) is 0 Å². The van der Waals surface area contributed by atoms with Crippen molar-refractivity contribution in [2.75, 3.05) is 19.0 Å². The minimum absolute atomic E-state index is 0.115. The number of ether oxygens (including phenoxy) is 1. The first kappa shape index (κ1) is 22.1. The standard InChI is InChI=1S/C22H21BrN4O4S/c1-30-18-7-3-16(4-8-18)20-26-22(32(28,29)19-9-5-17(23)6-10-19)21(31-20)25-11-2-13-27-14-12-24-15-27/h3-10,12,14-15,25H,2,11,13H2,1H3. The van der Waals surface area contributed by atoms with Gasteiger partial charge in [-0.05, 0) is 55.0 Å². The van der Waals surface area contributed by atoms with Gasteiger partial charge in [0.25, 0.3) is 0 Å². The van der Waals surface area contributed by atoms with E-state index in [1.54, 1.807) is 56.0 Å². The zero-order valence-corrected chi connectivity index (χ0v) is 19.6. The molecule has 0 aliphatic rings. The van der Waals surface area contributed by atoms with Crippen LogP contribution in [0.5, 0.6) is 5.75 Å². The quantitative estimate of drug-likeness (QED) is 0.323. The van der Waals surface area contributed by atoms with Crippen molar-refractivity contribution in [3.05, 3.63) is 71.7 Å². The van der Waals surface area contributed by atoms with E-state index in [-0.39, 0.29) is 21.7 Å². The van der Waals surface area contributed by atoms with Gasteiger partial charge in [-0.25, -0.2) is 13.4 Å². The molecule has 4 rings (SSSR count). The van der Waals surface area contributed by atoms with Crippen molar-refractivity contribution >= 4 is 31.7 Å². The predicted octanol–water partition coefficient (Wildman–Crippen LogP) is 4.64. The molecule has 0 saturated carbocycles. The molecule has 0 atom stereocenters. The lowest BCUT2D eigenvalue weighted by molar-refractivity contribution is 0.415. The number of sulfone groups is 1. The number of halogens is 1. The zero-order valence-electron chi connectivity index (χ0n) is 17.2. The van der Waals surface area contributed by atoms with E-state index < -0.39 is 9.84 Å². The molecule has 2 heterocycles. The SMILES string of the molecule is COc1ccc(-c2nc(S(=O)(=O)c3ccc(Br)cc3)c(NCCCn3ccnc3)o2)cc1. The molecule has 0 aliphatic carbocycles. The van der Waals surface area contributed by atoms with Gasteiger partial charge in [-0.15, -0.1) is 0 Å². The van der Waals surface area contributed by atoms with E-state index in [1.807, 2.05) is 10.8 Å². The van der Waals surface area contributed by atoms with Crippen molar-refractivity contribution in [2.24, 2.45) is 0 Å². The summed E-state index contributed by atoms with van der Waals surface area (Å²) in [5, 5.41) is 2.95. The second-order valence-electron chi connectivity index (χ2n) is 6.92. The highest BCUT2D eigenvalue weighted by Crippen LogP contribution is 2.33. The molecule has 4 aromatic rings. The number of benzene rings is 2. The fraction of sp³-hybridized carbons (Fsp3) is 0.182. The largest absolute Gasteiger partial charge is 0.497 e. The van der Waals surface area contributed by atoms with E-state index in [0.29, 0.717) is 17.9 Å². The first-order valence-corrected chi connectivity index (χ1v) is 12.1. The molecule has 0 radical (unpaired) electrons. The molecule has 8 nitrogen and oxygen atoms in total. The molecule has 10 heteroatoms. The van der Waals surface area contributed by atoms with Crippen molar-refractivity contribution in [1.82, 2.24) is 14.5 Å². The number of oxazole rings is 1. The second-order valence-corrected chi connectivity index (χ2v) is 9.70. The molecule has 0 saturated heterocycles. The van der Waals surface area contributed by atoms with E-state index >= 15 is 0 Å². The average Bonchev–Trinajstić information content (AvgIpc) is 3.47. The van der Waals surface area contributed by atoms with Gasteiger partial charge in [-0.2, -0.15) is 4.98 Å². The normalized spacial score (nSPS) is 11.4. The van der Waals surface area contributed by atoms with Gasteiger partial charge in [0.05, 0.1) is 18.3 Å². The molecule has 0 amide bonds. The van der Waals surface area contributed by atoms with Crippen LogP contribution in [0, 0.1) is 0 Å². The van der Waals surface area contributed by atoms with E-state index in [9.17, 15) is 8.42 Å². The average molecular weight is 517 g/mol. The van der Waals surface area contributed by atoms with Gasteiger partial charge >= 0.3 is 0 Å². The monoisotopic (exact) mass is 516 g/mol. The van der Waals surface area contributed by atoms with Gasteiger partial charge in [0.2, 0.25) is 26.6 Å². The summed E-state index contributed by atoms with van der Waals surface area (Å²) in [6, 6.07) is 13.5. The Labute approximate surface area is 194 Å². The summed E-state index contributed by atoms with van der Waals surface area (Å²) in [4.78, 5) is 8.50. The van der Waals surface area contributed by atoms with Crippen LogP contribution in [0.25, 0.3) is 11.5 Å². The number of anilines is 1. The van der Waals surface area contributed by atoms with Gasteiger partial charge < -0.3 is 19.0 Å². The molecule has 166 valence electrons. The first-order chi connectivity index (χ1) is 15.5. The molecule has 1 N–H and O–H groups in total. The van der Waals surface area contributed by atoms with Gasteiger partial charge in [0.15, 0.2) is 0 Å². The lowest BCUT2D eigenvalue weighted by Crippen LogP contribution is -2.10. The molecule has 0 unspecified atom stereocenters. The molecule has 0 bridgehead atoms. The van der Waals surface area contributed by atoms with Crippen molar-refractivity contribution in [1.29, 1.82) is 0 Å². The molecular weight excluding hydrogens is 496 g/mol. The van der Waals surface area contributed by atoms with Crippen LogP contribution in [0.15, 0.2) is 86.1 Å². The molecule has 2 aromatic carbocycles. The maximum absolute atomic E-state index is 13.3. The number of aromatic nitrogens is 3. The second kappa shape index (κ2) is 9.58. The van der Waals surface area contributed by atoms with Crippen LogP contribution in [0.4, 0.5) is 5.88 Å². The Kier molecular flexibility index (Phi) is 6.61. The third-order valence-corrected chi connectivity index (χ3v) is 6.96. The number of methoxy groups -OCH3 is 1. The van der Waals surface area contributed by atoms with E-state index in [4.69, 9.17) is 9.15 Å². The summed E-state index contributed by atoms with van der Waals surface area (Å²) in [6.07, 6.45) is 6.07. The molecule has 0 fully saturated rings. The number of hydrogen-bond acceptors (Lipinski definition) is 7. The summed E-state index contributed by atoms with van der Waals surface area (Å²) in [5.74, 6) is 1.01. The number of nitrogens with one attached hydrogen (secondary N) is 1. The Morgan fingerprint density at radius 1 is 1.12 bits per heavy atom. The highest BCUT2D eigenvalue weighted by Gasteiger charge is 2.28. The minimum atomic E-state index is -3.89. The number of imidazole rings is 1. The first-order valence-electron chi connectivity index (χ1n) is 9.83. The summed E-state index contributed by atoms with van der Waals surface area (Å²) in [5.41, 5.74) is 0.643. The van der Waals surface area contributed by atoms with Crippen LogP contribution >= 0.6 is 15.9 Å². The number of nitrogens with zero attached hydrogens (tertiary/aromatic N) is 3. The Morgan fingerprint density at radius 2 is 1.88 bits per heavy atom. The predicted molar refractivity (Wildman–Crippen MR) is 123 cm³/mol. The Hall–Kier alpha value is -3.11. The van der Waals surface area contributed by atoms with Crippen LogP contribution < -0.4 is 10.1 Å². The van der Waals surface area contributed by atoms with Crippen LogP contribution in [0.2, 0.25) is 0 Å². The van der Waals surface area contributed by atoms with Gasteiger partial charge in [-0.1, -0.05) is 15.9 Å². The Bertz CT molecular complexity index is 1270. The number of hydrogen-bond donors (Lipinski definition) is 1. The number of aryl methyl sites for hydroxylation is 1. The van der Waals surface area contributed by atoms with Gasteiger partial charge in [0.1, 0.15) is 5.75 Å². The maximum atomic E-state index is 13.3. The van der Waals surface area contributed by atoms with Crippen molar-refractivity contribution in [2.45, 2.75) is 22.9 Å². The summed E-state index contributed by atoms with van der Waals surface area (Å²) in [7, 11) is -2.32. The molecule has 0 aliphatic heterocycles. The highest BCUT2D eigenvalue weighted by atomic mass is 79.9. The third kappa shape index (κ3) is 4.86. The molecular formula is C22H21BrN4O4S. The lowest BCUT2D eigenvalue weighted by atomic mass is 10.2. The zero-order chi connectivity index (χ0) is 22.6. The summed E-state index contributed by atoms with van der Waals surface area (Å²) >= 11 is 3.33. The Morgan fingerprint density at radius 3 is 2.53 bits per heavy atom. The van der Waals surface area contributed by atoms with Gasteiger partial charge in [-0.3, -0.25) is 0 Å². The van der Waals surface area contributed by atoms with Crippen LogP contribution in [0.3, 0.4) is 0 Å². The molecule has 2 aromatic heterocycles. The number of rotatable bonds is 9. The Balaban J connectivity index is 1.64.